The van der Waals surface area contributed by atoms with Crippen molar-refractivity contribution in [2.75, 3.05) is 24.5 Å². The molecule has 1 atom stereocenters. The van der Waals surface area contributed by atoms with Gasteiger partial charge in [-0.05, 0) is 56.5 Å². The molecular weight excluding hydrogens is 384 g/mol. The lowest BCUT2D eigenvalue weighted by Crippen LogP contribution is -2.38. The molecule has 162 valence electrons. The van der Waals surface area contributed by atoms with E-state index in [-0.39, 0.29) is 6.04 Å². The highest BCUT2D eigenvalue weighted by molar-refractivity contribution is 5.80. The van der Waals surface area contributed by atoms with Crippen molar-refractivity contribution in [2.45, 2.75) is 39.3 Å². The zero-order valence-corrected chi connectivity index (χ0v) is 18.5. The summed E-state index contributed by atoms with van der Waals surface area (Å²) in [4.78, 5) is 7.26. The van der Waals surface area contributed by atoms with Crippen molar-refractivity contribution in [3.8, 4) is 5.69 Å². The summed E-state index contributed by atoms with van der Waals surface area (Å²) in [7, 11) is 0. The number of nitrogens with zero attached hydrogens (tertiary/aromatic N) is 4. The summed E-state index contributed by atoms with van der Waals surface area (Å²) in [6.07, 6.45) is 6.49. The van der Waals surface area contributed by atoms with E-state index in [1.165, 1.54) is 24.1 Å². The van der Waals surface area contributed by atoms with Gasteiger partial charge in [-0.3, -0.25) is 0 Å². The summed E-state index contributed by atoms with van der Waals surface area (Å²) in [5.41, 5.74) is 4.71. The monoisotopic (exact) mass is 416 g/mol. The van der Waals surface area contributed by atoms with Gasteiger partial charge in [0.15, 0.2) is 5.96 Å². The van der Waals surface area contributed by atoms with Gasteiger partial charge in [-0.15, -0.1) is 0 Å². The van der Waals surface area contributed by atoms with Gasteiger partial charge in [0, 0.05) is 37.1 Å². The fraction of sp³-hybridized carbons (Fsp3) is 0.360. The highest BCUT2D eigenvalue weighted by Crippen LogP contribution is 2.24. The van der Waals surface area contributed by atoms with Crippen LogP contribution in [0.15, 0.2) is 72.0 Å². The van der Waals surface area contributed by atoms with Crippen LogP contribution in [-0.2, 0) is 6.54 Å². The maximum absolute atomic E-state index is 4.79. The molecule has 0 spiro atoms. The molecule has 0 aliphatic carbocycles. The number of nitrogens with one attached hydrogen (secondary N) is 2. The first kappa shape index (κ1) is 21.0. The summed E-state index contributed by atoms with van der Waals surface area (Å²) in [5.74, 6) is 0.814. The van der Waals surface area contributed by atoms with Crippen molar-refractivity contribution < 1.29 is 0 Å². The lowest BCUT2D eigenvalue weighted by Gasteiger charge is -2.22. The van der Waals surface area contributed by atoms with Gasteiger partial charge in [-0.1, -0.05) is 30.3 Å². The molecule has 6 heteroatoms. The van der Waals surface area contributed by atoms with Crippen LogP contribution in [0.5, 0.6) is 0 Å². The maximum Gasteiger partial charge on any atom is 0.192 e. The van der Waals surface area contributed by atoms with Crippen LogP contribution < -0.4 is 15.5 Å². The third-order valence-electron chi connectivity index (χ3n) is 5.62. The lowest BCUT2D eigenvalue weighted by atomic mass is 10.1. The Hall–Kier alpha value is -3.28. The van der Waals surface area contributed by atoms with Crippen LogP contribution in [0.25, 0.3) is 5.69 Å². The quantitative estimate of drug-likeness (QED) is 0.446. The Morgan fingerprint density at radius 2 is 1.84 bits per heavy atom. The molecule has 0 radical (unpaired) electrons. The van der Waals surface area contributed by atoms with E-state index in [1.54, 1.807) is 0 Å². The van der Waals surface area contributed by atoms with Gasteiger partial charge in [-0.25, -0.2) is 9.67 Å². The minimum absolute atomic E-state index is 0.160. The van der Waals surface area contributed by atoms with Gasteiger partial charge in [-0.2, -0.15) is 5.10 Å². The van der Waals surface area contributed by atoms with Crippen molar-refractivity contribution in [2.24, 2.45) is 4.99 Å². The van der Waals surface area contributed by atoms with Crippen molar-refractivity contribution >= 4 is 11.6 Å². The van der Waals surface area contributed by atoms with E-state index in [4.69, 9.17) is 4.99 Å². The van der Waals surface area contributed by atoms with E-state index >= 15 is 0 Å². The number of para-hydroxylation sites is 1. The van der Waals surface area contributed by atoms with E-state index in [2.05, 4.69) is 58.7 Å². The normalized spacial score (nSPS) is 15.2. The summed E-state index contributed by atoms with van der Waals surface area (Å²) in [6.45, 7) is 7.98. The van der Waals surface area contributed by atoms with Crippen molar-refractivity contribution in [1.82, 2.24) is 20.4 Å². The topological polar surface area (TPSA) is 57.5 Å². The Balaban J connectivity index is 1.42. The van der Waals surface area contributed by atoms with Crippen molar-refractivity contribution in [1.29, 1.82) is 0 Å². The second-order valence-corrected chi connectivity index (χ2v) is 7.98. The molecule has 2 N–H and O–H groups in total. The maximum atomic E-state index is 4.79. The fourth-order valence-electron chi connectivity index (χ4n) is 3.91. The average molecular weight is 417 g/mol. The molecule has 1 aliphatic heterocycles. The standard InChI is InChI=1S/C25H32N6/c1-3-26-25(27-17-21-18-28-31(19-21)23-11-5-4-6-12-23)29-20(2)22-10-9-13-24(16-22)30-14-7-8-15-30/h4-6,9-13,16,18-20H,3,7-8,14-15,17H2,1-2H3,(H2,26,27,29). The first-order valence-corrected chi connectivity index (χ1v) is 11.2. The van der Waals surface area contributed by atoms with Crippen LogP contribution in [0.1, 0.15) is 43.9 Å². The second kappa shape index (κ2) is 10.2. The van der Waals surface area contributed by atoms with E-state index in [0.29, 0.717) is 6.54 Å². The minimum atomic E-state index is 0.160. The summed E-state index contributed by atoms with van der Waals surface area (Å²) in [6, 6.07) is 19.1. The van der Waals surface area contributed by atoms with E-state index in [0.717, 1.165) is 36.8 Å². The Labute approximate surface area is 185 Å². The van der Waals surface area contributed by atoms with Gasteiger partial charge >= 0.3 is 0 Å². The van der Waals surface area contributed by atoms with Crippen LogP contribution in [0.2, 0.25) is 0 Å². The van der Waals surface area contributed by atoms with Gasteiger partial charge in [0.2, 0.25) is 0 Å². The zero-order valence-electron chi connectivity index (χ0n) is 18.5. The second-order valence-electron chi connectivity index (χ2n) is 7.98. The van der Waals surface area contributed by atoms with Gasteiger partial charge in [0.05, 0.1) is 24.5 Å². The van der Waals surface area contributed by atoms with Crippen LogP contribution >= 0.6 is 0 Å². The zero-order chi connectivity index (χ0) is 21.5. The highest BCUT2D eigenvalue weighted by Gasteiger charge is 2.14. The number of hydrogen-bond acceptors (Lipinski definition) is 3. The third-order valence-corrected chi connectivity index (χ3v) is 5.62. The molecule has 0 saturated carbocycles. The summed E-state index contributed by atoms with van der Waals surface area (Å²) >= 11 is 0. The van der Waals surface area contributed by atoms with E-state index in [9.17, 15) is 0 Å². The van der Waals surface area contributed by atoms with Crippen LogP contribution in [-0.4, -0.2) is 35.4 Å². The van der Waals surface area contributed by atoms with Crippen LogP contribution in [0.4, 0.5) is 5.69 Å². The smallest absolute Gasteiger partial charge is 0.192 e. The molecule has 4 rings (SSSR count). The molecule has 0 amide bonds. The lowest BCUT2D eigenvalue weighted by molar-refractivity contribution is 0.686. The SMILES string of the molecule is CCNC(=NCc1cnn(-c2ccccc2)c1)NC(C)c1cccc(N2CCCC2)c1. The molecule has 1 unspecified atom stereocenters. The van der Waals surface area contributed by atoms with Crippen LogP contribution in [0.3, 0.4) is 0 Å². The number of benzene rings is 2. The molecule has 6 nitrogen and oxygen atoms in total. The number of guanidine groups is 1. The molecule has 2 aromatic carbocycles. The Bertz CT molecular complexity index is 988. The molecular formula is C25H32N6. The Morgan fingerprint density at radius 3 is 2.61 bits per heavy atom. The Kier molecular flexibility index (Phi) is 6.87. The summed E-state index contributed by atoms with van der Waals surface area (Å²) in [5, 5.41) is 11.4. The predicted octanol–water partition coefficient (Wildman–Crippen LogP) is 4.29. The molecule has 1 saturated heterocycles. The summed E-state index contributed by atoms with van der Waals surface area (Å²) < 4.78 is 1.89. The number of anilines is 1. The fourth-order valence-corrected chi connectivity index (χ4v) is 3.91. The van der Waals surface area contributed by atoms with Gasteiger partial charge in [0.1, 0.15) is 0 Å². The molecule has 1 fully saturated rings. The van der Waals surface area contributed by atoms with Crippen molar-refractivity contribution in [3.63, 3.8) is 0 Å². The highest BCUT2D eigenvalue weighted by atomic mass is 15.3. The van der Waals surface area contributed by atoms with Crippen molar-refractivity contribution in [3.05, 3.63) is 78.1 Å². The van der Waals surface area contributed by atoms with E-state index in [1.807, 2.05) is 47.4 Å². The largest absolute Gasteiger partial charge is 0.372 e. The predicted molar refractivity (Wildman–Crippen MR) is 128 cm³/mol. The minimum Gasteiger partial charge on any atom is -0.372 e. The van der Waals surface area contributed by atoms with Gasteiger partial charge < -0.3 is 15.5 Å². The third kappa shape index (κ3) is 5.45. The molecule has 1 aromatic heterocycles. The average Bonchev–Trinajstić information content (AvgIpc) is 3.51. The van der Waals surface area contributed by atoms with Crippen LogP contribution in [0, 0.1) is 0 Å². The van der Waals surface area contributed by atoms with E-state index < -0.39 is 0 Å². The number of aliphatic imine (C=N–C) groups is 1. The first-order valence-electron chi connectivity index (χ1n) is 11.2. The number of aromatic nitrogens is 2. The molecule has 3 aromatic rings. The molecule has 1 aliphatic rings. The molecule has 2 heterocycles. The number of hydrogen-bond donors (Lipinski definition) is 2. The first-order chi connectivity index (χ1) is 15.2. The molecule has 31 heavy (non-hydrogen) atoms. The molecule has 0 bridgehead atoms. The Morgan fingerprint density at radius 1 is 1.06 bits per heavy atom. The van der Waals surface area contributed by atoms with Gasteiger partial charge in [0.25, 0.3) is 0 Å². The number of rotatable bonds is 7.